The molecule has 0 saturated heterocycles. The molecule has 0 aliphatic carbocycles. The van der Waals surface area contributed by atoms with Crippen LogP contribution in [0, 0.1) is 0 Å². The summed E-state index contributed by atoms with van der Waals surface area (Å²) < 4.78 is 5.52. The quantitative estimate of drug-likeness (QED) is 0.544. The van der Waals surface area contributed by atoms with Gasteiger partial charge in [-0.2, -0.15) is 0 Å². The highest BCUT2D eigenvalue weighted by atomic mass is 16.5. The molecule has 19 heavy (non-hydrogen) atoms. The molecule has 110 valence electrons. The lowest BCUT2D eigenvalue weighted by atomic mass is 10.1. The van der Waals surface area contributed by atoms with Gasteiger partial charge in [-0.05, 0) is 6.42 Å². The Morgan fingerprint density at radius 1 is 1.00 bits per heavy atom. The number of rotatable bonds is 12. The van der Waals surface area contributed by atoms with Crippen LogP contribution in [0.4, 0.5) is 0 Å². The zero-order chi connectivity index (χ0) is 13.8. The largest absolute Gasteiger partial charge is 0.496 e. The molecular formula is C16H29NO2. The summed E-state index contributed by atoms with van der Waals surface area (Å²) in [5, 5.41) is 2.70. The van der Waals surface area contributed by atoms with Crippen molar-refractivity contribution in [3.05, 3.63) is 11.8 Å². The lowest BCUT2D eigenvalue weighted by molar-refractivity contribution is -0.115. The van der Waals surface area contributed by atoms with Crippen LogP contribution < -0.4 is 5.32 Å². The Hall–Kier alpha value is -0.990. The smallest absolute Gasteiger partial charge is 0.247 e. The third-order valence-electron chi connectivity index (χ3n) is 3.51. The highest BCUT2D eigenvalue weighted by molar-refractivity contribution is 5.90. The summed E-state index contributed by atoms with van der Waals surface area (Å²) in [5.41, 5.74) is 0. The first-order chi connectivity index (χ1) is 9.33. The average Bonchev–Trinajstić information content (AvgIpc) is 2.82. The SMILES string of the molecule is CCCCCCCCCCCCOC1=CC(=O)NC1. The van der Waals surface area contributed by atoms with E-state index in [1.54, 1.807) is 6.08 Å². The van der Waals surface area contributed by atoms with Crippen molar-refractivity contribution in [1.29, 1.82) is 0 Å². The maximum Gasteiger partial charge on any atom is 0.247 e. The van der Waals surface area contributed by atoms with Crippen LogP contribution >= 0.6 is 0 Å². The van der Waals surface area contributed by atoms with E-state index >= 15 is 0 Å². The van der Waals surface area contributed by atoms with Gasteiger partial charge in [-0.25, -0.2) is 0 Å². The molecule has 0 aromatic rings. The Kier molecular flexibility index (Phi) is 9.21. The molecule has 0 radical (unpaired) electrons. The standard InChI is InChI=1S/C16H29NO2/c1-2-3-4-5-6-7-8-9-10-11-12-19-15-13-16(18)17-14-15/h13H,2-12,14H2,1H3,(H,17,18). The van der Waals surface area contributed by atoms with Crippen molar-refractivity contribution < 1.29 is 9.53 Å². The minimum absolute atomic E-state index is 0.0296. The molecule has 0 unspecified atom stereocenters. The summed E-state index contributed by atoms with van der Waals surface area (Å²) in [6.07, 6.45) is 14.9. The molecule has 3 nitrogen and oxygen atoms in total. The molecule has 0 bridgehead atoms. The summed E-state index contributed by atoms with van der Waals surface area (Å²) in [4.78, 5) is 10.9. The molecule has 1 aliphatic heterocycles. The predicted octanol–water partition coefficient (Wildman–Crippen LogP) is 3.94. The van der Waals surface area contributed by atoms with Crippen LogP contribution in [-0.4, -0.2) is 19.1 Å². The molecular weight excluding hydrogens is 238 g/mol. The fourth-order valence-corrected chi connectivity index (χ4v) is 2.31. The van der Waals surface area contributed by atoms with Crippen molar-refractivity contribution in [2.75, 3.05) is 13.2 Å². The number of carbonyl (C=O) groups is 1. The lowest BCUT2D eigenvalue weighted by Gasteiger charge is -2.06. The number of carbonyl (C=O) groups excluding carboxylic acids is 1. The first-order valence-corrected chi connectivity index (χ1v) is 7.94. The molecule has 3 heteroatoms. The second-order valence-electron chi connectivity index (χ2n) is 5.36. The average molecular weight is 267 g/mol. The van der Waals surface area contributed by atoms with Crippen molar-refractivity contribution in [3.8, 4) is 0 Å². The van der Waals surface area contributed by atoms with Crippen LogP contribution in [0.2, 0.25) is 0 Å². The van der Waals surface area contributed by atoms with E-state index in [4.69, 9.17) is 4.74 Å². The molecule has 0 spiro atoms. The minimum Gasteiger partial charge on any atom is -0.496 e. The second kappa shape index (κ2) is 10.9. The van der Waals surface area contributed by atoms with Gasteiger partial charge in [-0.15, -0.1) is 0 Å². The van der Waals surface area contributed by atoms with E-state index in [0.29, 0.717) is 6.54 Å². The molecule has 0 fully saturated rings. The molecule has 0 saturated carbocycles. The number of nitrogens with one attached hydrogen (secondary N) is 1. The zero-order valence-electron chi connectivity index (χ0n) is 12.4. The van der Waals surface area contributed by atoms with Crippen LogP contribution in [0.5, 0.6) is 0 Å². The molecule has 1 aliphatic rings. The number of unbranched alkanes of at least 4 members (excludes halogenated alkanes) is 9. The molecule has 1 N–H and O–H groups in total. The number of ether oxygens (including phenoxy) is 1. The van der Waals surface area contributed by atoms with E-state index < -0.39 is 0 Å². The fraction of sp³-hybridized carbons (Fsp3) is 0.812. The van der Waals surface area contributed by atoms with Gasteiger partial charge in [-0.3, -0.25) is 4.79 Å². The number of hydrogen-bond donors (Lipinski definition) is 1. The van der Waals surface area contributed by atoms with Crippen LogP contribution in [0.15, 0.2) is 11.8 Å². The van der Waals surface area contributed by atoms with Crippen molar-refractivity contribution in [1.82, 2.24) is 5.32 Å². The first kappa shape index (κ1) is 16.1. The number of amides is 1. The van der Waals surface area contributed by atoms with Gasteiger partial charge < -0.3 is 10.1 Å². The van der Waals surface area contributed by atoms with Crippen molar-refractivity contribution in [2.24, 2.45) is 0 Å². The third-order valence-corrected chi connectivity index (χ3v) is 3.51. The van der Waals surface area contributed by atoms with Gasteiger partial charge in [0, 0.05) is 6.08 Å². The Morgan fingerprint density at radius 2 is 1.58 bits per heavy atom. The van der Waals surface area contributed by atoms with Gasteiger partial charge in [0.1, 0.15) is 5.76 Å². The fourth-order valence-electron chi connectivity index (χ4n) is 2.31. The van der Waals surface area contributed by atoms with Crippen molar-refractivity contribution in [3.63, 3.8) is 0 Å². The molecule has 1 heterocycles. The molecule has 0 atom stereocenters. The zero-order valence-corrected chi connectivity index (χ0v) is 12.4. The van der Waals surface area contributed by atoms with E-state index in [2.05, 4.69) is 12.2 Å². The van der Waals surface area contributed by atoms with E-state index in [-0.39, 0.29) is 5.91 Å². The van der Waals surface area contributed by atoms with Gasteiger partial charge in [-0.1, -0.05) is 64.7 Å². The first-order valence-electron chi connectivity index (χ1n) is 7.94. The summed E-state index contributed by atoms with van der Waals surface area (Å²) in [6, 6.07) is 0. The maximum absolute atomic E-state index is 10.9. The van der Waals surface area contributed by atoms with E-state index in [0.717, 1.165) is 18.8 Å². The maximum atomic E-state index is 10.9. The summed E-state index contributed by atoms with van der Waals surface area (Å²) in [7, 11) is 0. The summed E-state index contributed by atoms with van der Waals surface area (Å²) in [6.45, 7) is 3.57. The Bertz CT molecular complexity index is 274. The van der Waals surface area contributed by atoms with Crippen LogP contribution in [0.3, 0.4) is 0 Å². The van der Waals surface area contributed by atoms with E-state index in [9.17, 15) is 4.79 Å². The van der Waals surface area contributed by atoms with Gasteiger partial charge in [0.2, 0.25) is 5.91 Å². The highest BCUT2D eigenvalue weighted by Crippen LogP contribution is 2.11. The van der Waals surface area contributed by atoms with Crippen molar-refractivity contribution in [2.45, 2.75) is 71.1 Å². The summed E-state index contributed by atoms with van der Waals surface area (Å²) in [5.74, 6) is 0.763. The van der Waals surface area contributed by atoms with Crippen molar-refractivity contribution >= 4 is 5.91 Å². The topological polar surface area (TPSA) is 38.3 Å². The third kappa shape index (κ3) is 8.68. The molecule has 0 aromatic carbocycles. The van der Waals surface area contributed by atoms with Gasteiger partial charge >= 0.3 is 0 Å². The van der Waals surface area contributed by atoms with Crippen LogP contribution in [0.25, 0.3) is 0 Å². The summed E-state index contributed by atoms with van der Waals surface area (Å²) >= 11 is 0. The Balaban J connectivity index is 1.76. The number of hydrogen-bond acceptors (Lipinski definition) is 2. The normalized spacial score (nSPS) is 14.4. The minimum atomic E-state index is -0.0296. The molecule has 0 aromatic heterocycles. The Labute approximate surface area is 117 Å². The molecule has 1 rings (SSSR count). The van der Waals surface area contributed by atoms with E-state index in [1.807, 2.05) is 0 Å². The van der Waals surface area contributed by atoms with Crippen LogP contribution in [-0.2, 0) is 9.53 Å². The predicted molar refractivity (Wildman–Crippen MR) is 78.9 cm³/mol. The van der Waals surface area contributed by atoms with Gasteiger partial charge in [0.05, 0.1) is 13.2 Å². The lowest BCUT2D eigenvalue weighted by Crippen LogP contribution is -2.15. The van der Waals surface area contributed by atoms with E-state index in [1.165, 1.54) is 57.8 Å². The van der Waals surface area contributed by atoms with Gasteiger partial charge in [0.15, 0.2) is 0 Å². The Morgan fingerprint density at radius 3 is 2.11 bits per heavy atom. The van der Waals surface area contributed by atoms with Crippen LogP contribution in [0.1, 0.15) is 71.1 Å². The highest BCUT2D eigenvalue weighted by Gasteiger charge is 2.10. The second-order valence-corrected chi connectivity index (χ2v) is 5.36. The van der Waals surface area contributed by atoms with Gasteiger partial charge in [0.25, 0.3) is 0 Å². The molecule has 1 amide bonds. The monoisotopic (exact) mass is 267 g/mol.